The summed E-state index contributed by atoms with van der Waals surface area (Å²) >= 11 is 0. The topological polar surface area (TPSA) is 71.2 Å². The summed E-state index contributed by atoms with van der Waals surface area (Å²) in [5, 5.41) is 0.714. The van der Waals surface area contributed by atoms with E-state index in [1.54, 1.807) is 24.0 Å². The molecule has 1 aromatic carbocycles. The summed E-state index contributed by atoms with van der Waals surface area (Å²) in [6.07, 6.45) is 1.56. The summed E-state index contributed by atoms with van der Waals surface area (Å²) in [5.74, 6) is 0.375. The van der Waals surface area contributed by atoms with E-state index in [0.29, 0.717) is 34.7 Å². The van der Waals surface area contributed by atoms with E-state index < -0.39 is 6.61 Å². The lowest BCUT2D eigenvalue weighted by Crippen LogP contribution is -2.20. The summed E-state index contributed by atoms with van der Waals surface area (Å²) in [6, 6.07) is 9.32. The van der Waals surface area contributed by atoms with Crippen molar-refractivity contribution in [3.05, 3.63) is 53.1 Å². The number of benzene rings is 1. The van der Waals surface area contributed by atoms with E-state index in [-0.39, 0.29) is 16.8 Å². The van der Waals surface area contributed by atoms with Gasteiger partial charge in [-0.05, 0) is 37.3 Å². The van der Waals surface area contributed by atoms with Crippen LogP contribution in [-0.4, -0.2) is 32.3 Å². The molecule has 0 saturated heterocycles. The molecule has 0 aliphatic carbocycles. The van der Waals surface area contributed by atoms with Gasteiger partial charge in [0.25, 0.3) is 5.56 Å². The zero-order valence-electron chi connectivity index (χ0n) is 15.1. The Kier molecular flexibility index (Phi) is 4.42. The molecule has 0 atom stereocenters. The fourth-order valence-corrected chi connectivity index (χ4v) is 3.14. The Morgan fingerprint density at radius 2 is 1.89 bits per heavy atom. The molecule has 9 heteroatoms. The van der Waals surface area contributed by atoms with E-state index in [4.69, 9.17) is 4.74 Å². The molecular formula is C19H16F2N4O3. The molecular weight excluding hydrogens is 370 g/mol. The number of halogens is 2. The number of hydrogen-bond donors (Lipinski definition) is 0. The van der Waals surface area contributed by atoms with Gasteiger partial charge in [0.15, 0.2) is 11.2 Å². The van der Waals surface area contributed by atoms with Gasteiger partial charge >= 0.3 is 6.61 Å². The maximum Gasteiger partial charge on any atom is 0.387 e. The molecule has 0 saturated carbocycles. The van der Waals surface area contributed by atoms with Gasteiger partial charge in [0.05, 0.1) is 24.1 Å². The number of pyridine rings is 2. The Labute approximate surface area is 157 Å². The highest BCUT2D eigenvalue weighted by molar-refractivity contribution is 6.01. The van der Waals surface area contributed by atoms with Crippen molar-refractivity contribution >= 4 is 22.1 Å². The highest BCUT2D eigenvalue weighted by atomic mass is 19.3. The van der Waals surface area contributed by atoms with Gasteiger partial charge in [0.2, 0.25) is 5.88 Å². The number of fused-ring (bicyclic) bond motifs is 3. The quantitative estimate of drug-likeness (QED) is 0.526. The molecule has 0 aliphatic rings. The summed E-state index contributed by atoms with van der Waals surface area (Å²) in [4.78, 5) is 21.9. The highest BCUT2D eigenvalue weighted by Gasteiger charge is 2.18. The van der Waals surface area contributed by atoms with Crippen LogP contribution in [0.5, 0.6) is 11.6 Å². The molecule has 4 rings (SSSR count). The average molecular weight is 386 g/mol. The molecule has 4 aromatic rings. The molecule has 7 nitrogen and oxygen atoms in total. The second-order valence-electron chi connectivity index (χ2n) is 6.02. The molecule has 0 N–H and O–H groups in total. The lowest BCUT2D eigenvalue weighted by molar-refractivity contribution is -0.0498. The molecule has 0 unspecified atom stereocenters. The molecule has 3 heterocycles. The first-order chi connectivity index (χ1) is 13.5. The third-order valence-electron chi connectivity index (χ3n) is 4.27. The minimum atomic E-state index is -2.92. The van der Waals surface area contributed by atoms with E-state index in [9.17, 15) is 13.6 Å². The molecule has 144 valence electrons. The van der Waals surface area contributed by atoms with E-state index in [2.05, 4.69) is 14.7 Å². The van der Waals surface area contributed by atoms with Gasteiger partial charge in [-0.3, -0.25) is 9.36 Å². The van der Waals surface area contributed by atoms with E-state index in [1.165, 1.54) is 28.8 Å². The minimum Gasteiger partial charge on any atom is -0.478 e. The SMILES string of the molecule is CCOc1ccc2c3c(ncn3C)c(=O)n(-c3ccc(OC(F)F)cc3)c2n1. The Hall–Kier alpha value is -3.49. The van der Waals surface area contributed by atoms with E-state index in [1.807, 2.05) is 13.0 Å². The fraction of sp³-hybridized carbons (Fsp3) is 0.211. The minimum absolute atomic E-state index is 0.00187. The maximum absolute atomic E-state index is 13.1. The van der Waals surface area contributed by atoms with Gasteiger partial charge in [0.1, 0.15) is 5.75 Å². The predicted molar refractivity (Wildman–Crippen MR) is 99.4 cm³/mol. The Balaban J connectivity index is 2.01. The van der Waals surface area contributed by atoms with Crippen LogP contribution in [0, 0.1) is 0 Å². The number of ether oxygens (including phenoxy) is 2. The van der Waals surface area contributed by atoms with Gasteiger partial charge in [-0.15, -0.1) is 0 Å². The first-order valence-electron chi connectivity index (χ1n) is 8.54. The van der Waals surface area contributed by atoms with Crippen molar-refractivity contribution in [2.45, 2.75) is 13.5 Å². The second kappa shape index (κ2) is 6.91. The lowest BCUT2D eigenvalue weighted by atomic mass is 10.2. The third-order valence-corrected chi connectivity index (χ3v) is 4.27. The van der Waals surface area contributed by atoms with Crippen molar-refractivity contribution in [1.82, 2.24) is 19.1 Å². The Bertz CT molecular complexity index is 1220. The molecule has 0 aliphatic heterocycles. The fourth-order valence-electron chi connectivity index (χ4n) is 3.14. The van der Waals surface area contributed by atoms with Crippen LogP contribution < -0.4 is 15.0 Å². The van der Waals surface area contributed by atoms with Gasteiger partial charge < -0.3 is 14.0 Å². The van der Waals surface area contributed by atoms with Crippen molar-refractivity contribution in [2.24, 2.45) is 7.05 Å². The first-order valence-corrected chi connectivity index (χ1v) is 8.54. The zero-order valence-corrected chi connectivity index (χ0v) is 15.1. The summed E-state index contributed by atoms with van der Waals surface area (Å²) in [7, 11) is 1.80. The Morgan fingerprint density at radius 3 is 2.57 bits per heavy atom. The number of alkyl halides is 2. The lowest BCUT2D eigenvalue weighted by Gasteiger charge is -2.13. The zero-order chi connectivity index (χ0) is 19.8. The second-order valence-corrected chi connectivity index (χ2v) is 6.02. The molecule has 0 bridgehead atoms. The number of hydrogen-bond acceptors (Lipinski definition) is 5. The smallest absolute Gasteiger partial charge is 0.387 e. The van der Waals surface area contributed by atoms with Crippen LogP contribution in [0.3, 0.4) is 0 Å². The number of nitrogens with zero attached hydrogens (tertiary/aromatic N) is 4. The molecule has 0 radical (unpaired) electrons. The van der Waals surface area contributed by atoms with Crippen LogP contribution >= 0.6 is 0 Å². The van der Waals surface area contributed by atoms with Gasteiger partial charge in [0, 0.05) is 18.5 Å². The van der Waals surface area contributed by atoms with Crippen LogP contribution in [0.25, 0.3) is 27.8 Å². The molecule has 0 spiro atoms. The maximum atomic E-state index is 13.1. The predicted octanol–water partition coefficient (Wildman–Crippen LogP) is 3.27. The average Bonchev–Trinajstić information content (AvgIpc) is 3.05. The standard InChI is InChI=1S/C19H16F2N4O3/c1-3-27-14-9-8-13-16-15(22-10-24(16)2)18(26)25(17(13)23-14)11-4-6-12(7-5-11)28-19(20)21/h4-10,19H,3H2,1-2H3. The Morgan fingerprint density at radius 1 is 1.14 bits per heavy atom. The van der Waals surface area contributed by atoms with Crippen LogP contribution in [0.15, 0.2) is 47.5 Å². The number of rotatable bonds is 5. The number of imidazole rings is 1. The van der Waals surface area contributed by atoms with Crippen molar-refractivity contribution in [3.8, 4) is 17.3 Å². The molecule has 0 amide bonds. The largest absolute Gasteiger partial charge is 0.478 e. The van der Waals surface area contributed by atoms with Gasteiger partial charge in [-0.2, -0.15) is 13.8 Å². The summed E-state index contributed by atoms with van der Waals surface area (Å²) in [5.41, 5.74) is 1.41. The number of aromatic nitrogens is 4. The molecule has 3 aromatic heterocycles. The summed E-state index contributed by atoms with van der Waals surface area (Å²) in [6.45, 7) is -0.656. The third kappa shape index (κ3) is 2.94. The molecule has 0 fully saturated rings. The number of aryl methyl sites for hydroxylation is 1. The van der Waals surface area contributed by atoms with Crippen molar-refractivity contribution in [2.75, 3.05) is 6.61 Å². The van der Waals surface area contributed by atoms with E-state index >= 15 is 0 Å². The molecule has 28 heavy (non-hydrogen) atoms. The van der Waals surface area contributed by atoms with Gasteiger partial charge in [-0.25, -0.2) is 4.98 Å². The van der Waals surface area contributed by atoms with Crippen LogP contribution in [0.4, 0.5) is 8.78 Å². The van der Waals surface area contributed by atoms with Gasteiger partial charge in [-0.1, -0.05) is 0 Å². The monoisotopic (exact) mass is 386 g/mol. The van der Waals surface area contributed by atoms with Crippen LogP contribution in [0.1, 0.15) is 6.92 Å². The summed E-state index contributed by atoms with van der Waals surface area (Å²) < 4.78 is 37.8. The van der Waals surface area contributed by atoms with Crippen molar-refractivity contribution in [3.63, 3.8) is 0 Å². The van der Waals surface area contributed by atoms with E-state index in [0.717, 1.165) is 0 Å². The van der Waals surface area contributed by atoms with Crippen LogP contribution in [0.2, 0.25) is 0 Å². The normalized spacial score (nSPS) is 11.5. The van der Waals surface area contributed by atoms with Crippen LogP contribution in [-0.2, 0) is 7.05 Å². The van der Waals surface area contributed by atoms with Crippen molar-refractivity contribution < 1.29 is 18.3 Å². The van der Waals surface area contributed by atoms with Crippen molar-refractivity contribution in [1.29, 1.82) is 0 Å². The first kappa shape index (κ1) is 17.9. The highest BCUT2D eigenvalue weighted by Crippen LogP contribution is 2.26.